The zero-order chi connectivity index (χ0) is 30.9. The van der Waals surface area contributed by atoms with Crippen LogP contribution in [0.2, 0.25) is 5.02 Å². The molecule has 0 saturated carbocycles. The molecule has 0 spiro atoms. The summed E-state index contributed by atoms with van der Waals surface area (Å²) < 4.78 is 6.34. The Morgan fingerprint density at radius 3 is 2.51 bits per heavy atom. The highest BCUT2D eigenvalue weighted by Crippen LogP contribution is 2.42. The number of nitrogens with two attached hydrogens (primary N) is 1. The number of carbonyl (C=O) groups is 4. The second-order valence-corrected chi connectivity index (χ2v) is 12.1. The molecule has 2 unspecified atom stereocenters. The van der Waals surface area contributed by atoms with Gasteiger partial charge in [-0.05, 0) is 62.6 Å². The van der Waals surface area contributed by atoms with Crippen LogP contribution in [0.1, 0.15) is 61.1 Å². The monoisotopic (exact) mass is 603 g/mol. The van der Waals surface area contributed by atoms with Crippen molar-refractivity contribution in [3.8, 4) is 5.75 Å². The van der Waals surface area contributed by atoms with Gasteiger partial charge < -0.3 is 20.7 Å². The first-order chi connectivity index (χ1) is 20.4. The largest absolute Gasteiger partial charge is 0.487 e. The quantitative estimate of drug-likeness (QED) is 0.362. The number of nitrogens with zero attached hydrogens (tertiary/aromatic N) is 3. The van der Waals surface area contributed by atoms with Gasteiger partial charge in [0.25, 0.3) is 0 Å². The van der Waals surface area contributed by atoms with Crippen molar-refractivity contribution in [1.82, 2.24) is 15.1 Å². The topological polar surface area (TPSA) is 134 Å². The number of allylic oxidation sites excluding steroid dienone is 2. The van der Waals surface area contributed by atoms with Gasteiger partial charge in [-0.3, -0.25) is 24.3 Å². The highest BCUT2D eigenvalue weighted by molar-refractivity contribution is 6.30. The summed E-state index contributed by atoms with van der Waals surface area (Å²) >= 11 is 6.24. The molecule has 11 heteroatoms. The third-order valence-corrected chi connectivity index (χ3v) is 7.48. The number of ether oxygens (including phenoxy) is 1. The highest BCUT2D eigenvalue weighted by atomic mass is 35.5. The van der Waals surface area contributed by atoms with Crippen molar-refractivity contribution in [3.05, 3.63) is 88.0 Å². The molecule has 0 aromatic heterocycles. The van der Waals surface area contributed by atoms with Crippen molar-refractivity contribution in [2.24, 2.45) is 10.7 Å². The van der Waals surface area contributed by atoms with E-state index in [4.69, 9.17) is 27.1 Å². The Balaban J connectivity index is 1.69. The van der Waals surface area contributed by atoms with Gasteiger partial charge in [0.2, 0.25) is 11.8 Å². The number of hydrogen-bond donors (Lipinski definition) is 2. The lowest BCUT2D eigenvalue weighted by molar-refractivity contribution is -0.123. The van der Waals surface area contributed by atoms with E-state index < -0.39 is 35.8 Å². The van der Waals surface area contributed by atoms with Gasteiger partial charge in [-0.25, -0.2) is 4.79 Å². The molecule has 0 radical (unpaired) electrons. The maximum atomic E-state index is 14.4. The van der Waals surface area contributed by atoms with E-state index in [1.165, 1.54) is 4.90 Å². The molecule has 43 heavy (non-hydrogen) atoms. The van der Waals surface area contributed by atoms with E-state index in [9.17, 15) is 19.2 Å². The van der Waals surface area contributed by atoms with Crippen LogP contribution in [0.15, 0.2) is 71.3 Å². The van der Waals surface area contributed by atoms with E-state index in [1.807, 2.05) is 45.1 Å². The van der Waals surface area contributed by atoms with Crippen LogP contribution in [0.4, 0.5) is 4.79 Å². The lowest BCUT2D eigenvalue weighted by Gasteiger charge is -2.36. The molecule has 3 aliphatic rings. The second-order valence-electron chi connectivity index (χ2n) is 11.7. The van der Waals surface area contributed by atoms with Gasteiger partial charge >= 0.3 is 6.03 Å². The molecular weight excluding hydrogens is 570 g/mol. The second kappa shape index (κ2) is 12.0. The third-order valence-electron chi connectivity index (χ3n) is 7.23. The lowest BCUT2D eigenvalue weighted by Crippen LogP contribution is -2.55. The minimum atomic E-state index is -0.735. The maximum absolute atomic E-state index is 14.4. The van der Waals surface area contributed by atoms with Crippen LogP contribution in [0.5, 0.6) is 5.75 Å². The number of aliphatic imine (C=N–C) groups is 1. The highest BCUT2D eigenvalue weighted by Gasteiger charge is 2.45. The molecule has 2 aliphatic heterocycles. The Morgan fingerprint density at radius 1 is 1.14 bits per heavy atom. The fraction of sp³-hybridized carbons (Fsp3) is 0.344. The van der Waals surface area contributed by atoms with Crippen LogP contribution in [0, 0.1) is 0 Å². The number of benzene rings is 2. The van der Waals surface area contributed by atoms with Gasteiger partial charge in [-0.2, -0.15) is 0 Å². The predicted molar refractivity (Wildman–Crippen MR) is 163 cm³/mol. The first-order valence-corrected chi connectivity index (χ1v) is 14.5. The predicted octanol–water partition coefficient (Wildman–Crippen LogP) is 4.19. The number of amides is 4. The van der Waals surface area contributed by atoms with Crippen molar-refractivity contribution in [2.75, 3.05) is 19.6 Å². The Labute approximate surface area is 255 Å². The number of Topliss-reactive ketones (excluding diaryl/α,β-unsaturated/α-hetero) is 1. The number of amidine groups is 1. The van der Waals surface area contributed by atoms with E-state index in [0.717, 1.165) is 17.6 Å². The number of hydrogen-bond acceptors (Lipinski definition) is 6. The minimum absolute atomic E-state index is 0.0882. The molecule has 2 atom stereocenters. The number of nitrogens with one attached hydrogen (secondary N) is 1. The molecule has 0 bridgehead atoms. The van der Waals surface area contributed by atoms with Gasteiger partial charge in [0.1, 0.15) is 29.8 Å². The number of primary amides is 1. The molecule has 1 fully saturated rings. The summed E-state index contributed by atoms with van der Waals surface area (Å²) in [7, 11) is 0. The molecule has 10 nitrogen and oxygen atoms in total. The summed E-state index contributed by atoms with van der Waals surface area (Å²) in [5.74, 6) is -0.761. The van der Waals surface area contributed by atoms with Crippen LogP contribution < -0.4 is 15.8 Å². The molecule has 4 amide bonds. The zero-order valence-electron chi connectivity index (χ0n) is 24.3. The van der Waals surface area contributed by atoms with Gasteiger partial charge in [0.05, 0.1) is 18.0 Å². The smallest absolute Gasteiger partial charge is 0.326 e. The molecule has 2 aromatic carbocycles. The average molecular weight is 604 g/mol. The minimum Gasteiger partial charge on any atom is -0.487 e. The van der Waals surface area contributed by atoms with Crippen molar-refractivity contribution in [1.29, 1.82) is 0 Å². The Morgan fingerprint density at radius 2 is 1.88 bits per heavy atom. The summed E-state index contributed by atoms with van der Waals surface area (Å²) in [5, 5.41) is 3.33. The number of halogens is 1. The van der Waals surface area contributed by atoms with E-state index in [0.29, 0.717) is 35.3 Å². The fourth-order valence-corrected chi connectivity index (χ4v) is 5.53. The summed E-state index contributed by atoms with van der Waals surface area (Å²) in [5.41, 5.74) is 7.11. The lowest BCUT2D eigenvalue weighted by atomic mass is 9.94. The van der Waals surface area contributed by atoms with E-state index >= 15 is 0 Å². The van der Waals surface area contributed by atoms with Crippen LogP contribution in [-0.4, -0.2) is 70.5 Å². The normalized spacial score (nSPS) is 20.0. The van der Waals surface area contributed by atoms with Gasteiger partial charge in [0.15, 0.2) is 5.78 Å². The van der Waals surface area contributed by atoms with E-state index in [2.05, 4.69) is 11.4 Å². The molecule has 2 aromatic rings. The number of piperazine rings is 1. The van der Waals surface area contributed by atoms with E-state index in [1.54, 1.807) is 35.2 Å². The van der Waals surface area contributed by atoms with Crippen molar-refractivity contribution < 1.29 is 23.9 Å². The van der Waals surface area contributed by atoms with Crippen LogP contribution >= 0.6 is 11.6 Å². The van der Waals surface area contributed by atoms with Crippen LogP contribution in [0.3, 0.4) is 0 Å². The zero-order valence-corrected chi connectivity index (χ0v) is 25.1. The number of carbonyl (C=O) groups excluding carboxylic acids is 4. The standard InChI is InChI=1S/C32H34ClN5O5/c1-32(2,3)43-25-16-21(24(39)17-26(34)40)10-13-23(25)30-36-28(19-6-4-5-7-19)29(20-8-11-22(33)12-9-20)38(30)31(42)37-15-14-35-27(41)18-37/h4,6-13,16,28-29H,5,14-15,17-18H2,1-3H3,(H2,34,40)(H,35,41). The molecule has 1 aliphatic carbocycles. The third kappa shape index (κ3) is 6.64. The van der Waals surface area contributed by atoms with Crippen LogP contribution in [0.25, 0.3) is 0 Å². The number of ketones is 1. The number of rotatable bonds is 7. The van der Waals surface area contributed by atoms with Crippen molar-refractivity contribution in [3.63, 3.8) is 0 Å². The fourth-order valence-electron chi connectivity index (χ4n) is 5.40. The Hall–Kier alpha value is -4.44. The average Bonchev–Trinajstić information content (AvgIpc) is 3.60. The van der Waals surface area contributed by atoms with Crippen molar-refractivity contribution in [2.45, 2.75) is 51.3 Å². The van der Waals surface area contributed by atoms with Crippen LogP contribution in [-0.2, 0) is 9.59 Å². The van der Waals surface area contributed by atoms with Gasteiger partial charge in [-0.1, -0.05) is 48.0 Å². The SMILES string of the molecule is CC(C)(C)Oc1cc(C(=O)CC(N)=O)ccc1C1=NC(C2=CCC=C2)C(c2ccc(Cl)cc2)N1C(=O)N1CCNC(=O)C1. The van der Waals surface area contributed by atoms with Crippen molar-refractivity contribution >= 4 is 41.1 Å². The molecule has 1 saturated heterocycles. The van der Waals surface area contributed by atoms with Gasteiger partial charge in [0, 0.05) is 23.7 Å². The molecule has 5 rings (SSSR count). The summed E-state index contributed by atoms with van der Waals surface area (Å²) in [6, 6.07) is 10.7. The Bertz CT molecular complexity index is 1560. The molecule has 2 heterocycles. The molecule has 224 valence electrons. The summed E-state index contributed by atoms with van der Waals surface area (Å²) in [4.78, 5) is 59.3. The summed E-state index contributed by atoms with van der Waals surface area (Å²) in [6.45, 7) is 6.19. The first-order valence-electron chi connectivity index (χ1n) is 14.1. The number of urea groups is 1. The summed E-state index contributed by atoms with van der Waals surface area (Å²) in [6.07, 6.45) is 6.43. The van der Waals surface area contributed by atoms with E-state index in [-0.39, 0.29) is 24.0 Å². The molecular formula is C32H34ClN5O5. The maximum Gasteiger partial charge on any atom is 0.326 e. The Kier molecular flexibility index (Phi) is 8.41. The van der Waals surface area contributed by atoms with Gasteiger partial charge in [-0.15, -0.1) is 0 Å². The first kappa shape index (κ1) is 30.0. The molecule has 3 N–H and O–H groups in total.